The molecule has 6 unspecified atom stereocenters. The lowest BCUT2D eigenvalue weighted by Crippen LogP contribution is -2.43. The van der Waals surface area contributed by atoms with Crippen LogP contribution in [-0.4, -0.2) is 30.3 Å². The SMILES string of the molecule is CC(NC(=O)COC(=O)C1CC2CCCC(C1)C2=O)C1CC2CCC1C2. The van der Waals surface area contributed by atoms with E-state index in [-0.39, 0.29) is 42.3 Å². The lowest BCUT2D eigenvalue weighted by Gasteiger charge is -2.36. The molecule has 5 heteroatoms. The first kappa shape index (κ1) is 18.0. The summed E-state index contributed by atoms with van der Waals surface area (Å²) in [6, 6.07) is 0.156. The minimum atomic E-state index is -0.294. The summed E-state index contributed by atoms with van der Waals surface area (Å²) in [5.41, 5.74) is 0. The third-order valence-corrected chi connectivity index (χ3v) is 7.55. The fourth-order valence-corrected chi connectivity index (χ4v) is 6.24. The van der Waals surface area contributed by atoms with Crippen molar-refractivity contribution in [3.8, 4) is 0 Å². The predicted molar refractivity (Wildman–Crippen MR) is 96.1 cm³/mol. The van der Waals surface area contributed by atoms with Gasteiger partial charge in [0, 0.05) is 17.9 Å². The van der Waals surface area contributed by atoms with Crippen LogP contribution in [-0.2, 0) is 19.1 Å². The van der Waals surface area contributed by atoms with Gasteiger partial charge in [-0.25, -0.2) is 0 Å². The van der Waals surface area contributed by atoms with Crippen LogP contribution >= 0.6 is 0 Å². The Morgan fingerprint density at radius 1 is 1.08 bits per heavy atom. The summed E-state index contributed by atoms with van der Waals surface area (Å²) in [7, 11) is 0. The van der Waals surface area contributed by atoms with Crippen molar-refractivity contribution in [1.29, 1.82) is 0 Å². The number of esters is 1. The third kappa shape index (κ3) is 3.54. The molecule has 26 heavy (non-hydrogen) atoms. The van der Waals surface area contributed by atoms with E-state index in [9.17, 15) is 14.4 Å². The second kappa shape index (κ2) is 7.32. The summed E-state index contributed by atoms with van der Waals surface area (Å²) in [6.07, 6.45) is 9.31. The molecule has 1 N–H and O–H groups in total. The van der Waals surface area contributed by atoms with E-state index in [0.717, 1.165) is 31.1 Å². The first-order chi connectivity index (χ1) is 12.5. The number of ether oxygens (including phenoxy) is 1. The van der Waals surface area contributed by atoms with E-state index in [4.69, 9.17) is 4.74 Å². The van der Waals surface area contributed by atoms with Gasteiger partial charge in [0.1, 0.15) is 5.78 Å². The predicted octanol–water partition coefficient (Wildman–Crippen LogP) is 2.87. The second-order valence-corrected chi connectivity index (χ2v) is 9.20. The topological polar surface area (TPSA) is 72.5 Å². The highest BCUT2D eigenvalue weighted by Gasteiger charge is 2.43. The zero-order valence-corrected chi connectivity index (χ0v) is 15.7. The molecule has 0 aliphatic heterocycles. The van der Waals surface area contributed by atoms with Gasteiger partial charge in [0.25, 0.3) is 5.91 Å². The first-order valence-electron chi connectivity index (χ1n) is 10.5. The van der Waals surface area contributed by atoms with Crippen molar-refractivity contribution in [3.63, 3.8) is 0 Å². The molecule has 6 atom stereocenters. The van der Waals surface area contributed by atoms with E-state index >= 15 is 0 Å². The largest absolute Gasteiger partial charge is 0.455 e. The van der Waals surface area contributed by atoms with E-state index in [1.807, 2.05) is 0 Å². The molecule has 0 aromatic rings. The van der Waals surface area contributed by atoms with Gasteiger partial charge in [-0.1, -0.05) is 12.8 Å². The molecule has 0 spiro atoms. The highest BCUT2D eigenvalue weighted by molar-refractivity contribution is 5.88. The van der Waals surface area contributed by atoms with Crippen LogP contribution in [0.4, 0.5) is 0 Å². The number of Topliss-reactive ketones (excluding diaryl/α,β-unsaturated/α-hetero) is 1. The molecule has 1 amide bonds. The first-order valence-corrected chi connectivity index (χ1v) is 10.5. The number of amides is 1. The summed E-state index contributed by atoms with van der Waals surface area (Å²) < 4.78 is 5.31. The zero-order chi connectivity index (χ0) is 18.3. The molecule has 4 fully saturated rings. The Balaban J connectivity index is 1.22. The van der Waals surface area contributed by atoms with Crippen molar-refractivity contribution in [2.24, 2.45) is 35.5 Å². The van der Waals surface area contributed by atoms with E-state index in [0.29, 0.717) is 24.5 Å². The van der Waals surface area contributed by atoms with E-state index in [1.54, 1.807) is 0 Å². The van der Waals surface area contributed by atoms with Crippen LogP contribution in [0.2, 0.25) is 0 Å². The number of fused-ring (bicyclic) bond motifs is 4. The molecule has 4 rings (SSSR count). The minimum Gasteiger partial charge on any atom is -0.455 e. The Morgan fingerprint density at radius 2 is 1.81 bits per heavy atom. The number of rotatable bonds is 5. The summed E-state index contributed by atoms with van der Waals surface area (Å²) in [5.74, 6) is 1.91. The van der Waals surface area contributed by atoms with E-state index < -0.39 is 0 Å². The summed E-state index contributed by atoms with van der Waals surface area (Å²) in [6.45, 7) is 1.89. The highest BCUT2D eigenvalue weighted by Crippen LogP contribution is 2.49. The van der Waals surface area contributed by atoms with Crippen molar-refractivity contribution in [2.45, 2.75) is 70.8 Å². The molecule has 0 heterocycles. The quantitative estimate of drug-likeness (QED) is 0.764. The number of hydrogen-bond acceptors (Lipinski definition) is 4. The molecule has 4 saturated carbocycles. The van der Waals surface area contributed by atoms with Gasteiger partial charge in [-0.05, 0) is 69.6 Å². The van der Waals surface area contributed by atoms with Gasteiger partial charge in [0.05, 0.1) is 5.92 Å². The monoisotopic (exact) mass is 361 g/mol. The minimum absolute atomic E-state index is 0.0340. The lowest BCUT2D eigenvalue weighted by molar-refractivity contribution is -0.156. The summed E-state index contributed by atoms with van der Waals surface area (Å²) in [5, 5.41) is 3.04. The lowest BCUT2D eigenvalue weighted by atomic mass is 9.67. The van der Waals surface area contributed by atoms with Crippen molar-refractivity contribution < 1.29 is 19.1 Å². The van der Waals surface area contributed by atoms with Crippen molar-refractivity contribution in [3.05, 3.63) is 0 Å². The van der Waals surface area contributed by atoms with Gasteiger partial charge in [0.2, 0.25) is 0 Å². The smallest absolute Gasteiger partial charge is 0.309 e. The van der Waals surface area contributed by atoms with Gasteiger partial charge in [0.15, 0.2) is 6.61 Å². The average molecular weight is 361 g/mol. The van der Waals surface area contributed by atoms with Gasteiger partial charge >= 0.3 is 5.97 Å². The van der Waals surface area contributed by atoms with Crippen molar-refractivity contribution in [2.75, 3.05) is 6.61 Å². The van der Waals surface area contributed by atoms with Crippen LogP contribution in [0.25, 0.3) is 0 Å². The van der Waals surface area contributed by atoms with Gasteiger partial charge in [-0.3, -0.25) is 14.4 Å². The van der Waals surface area contributed by atoms with Crippen LogP contribution < -0.4 is 5.32 Å². The molecule has 144 valence electrons. The molecule has 4 aliphatic rings. The third-order valence-electron chi connectivity index (χ3n) is 7.55. The van der Waals surface area contributed by atoms with Crippen LogP contribution in [0.5, 0.6) is 0 Å². The van der Waals surface area contributed by atoms with E-state index in [1.165, 1.54) is 25.7 Å². The standard InChI is InChI=1S/C21H31NO4/c1-12(18-8-13-5-6-14(18)7-13)22-19(23)11-26-21(25)17-9-15-3-2-4-16(10-17)20(15)24/h12-18H,2-11H2,1H3,(H,22,23). The van der Waals surface area contributed by atoms with Crippen LogP contribution in [0, 0.1) is 35.5 Å². The van der Waals surface area contributed by atoms with Crippen LogP contribution in [0.3, 0.4) is 0 Å². The molecule has 0 saturated heterocycles. The Morgan fingerprint density at radius 3 is 2.42 bits per heavy atom. The Hall–Kier alpha value is -1.39. The molecule has 4 aliphatic carbocycles. The maximum atomic E-state index is 12.4. The molecule has 0 aromatic carbocycles. The Bertz CT molecular complexity index is 573. The highest BCUT2D eigenvalue weighted by atomic mass is 16.5. The molecule has 0 radical (unpaired) electrons. The van der Waals surface area contributed by atoms with Gasteiger partial charge in [-0.2, -0.15) is 0 Å². The number of carbonyl (C=O) groups excluding carboxylic acids is 3. The molecule has 4 bridgehead atoms. The number of hydrogen-bond donors (Lipinski definition) is 1. The zero-order valence-electron chi connectivity index (χ0n) is 15.7. The Labute approximate surface area is 155 Å². The van der Waals surface area contributed by atoms with Crippen molar-refractivity contribution in [1.82, 2.24) is 5.32 Å². The summed E-state index contributed by atoms with van der Waals surface area (Å²) in [4.78, 5) is 36.7. The summed E-state index contributed by atoms with van der Waals surface area (Å²) >= 11 is 0. The second-order valence-electron chi connectivity index (χ2n) is 9.20. The molecule has 5 nitrogen and oxygen atoms in total. The molecular formula is C21H31NO4. The maximum absolute atomic E-state index is 12.4. The maximum Gasteiger partial charge on any atom is 0.309 e. The Kier molecular flexibility index (Phi) is 5.07. The normalized spacial score (nSPS) is 39.5. The number of ketones is 1. The number of carbonyl (C=O) groups is 3. The number of nitrogens with one attached hydrogen (secondary N) is 1. The van der Waals surface area contributed by atoms with E-state index in [2.05, 4.69) is 12.2 Å². The van der Waals surface area contributed by atoms with Crippen LogP contribution in [0.1, 0.15) is 64.7 Å². The van der Waals surface area contributed by atoms with Crippen LogP contribution in [0.15, 0.2) is 0 Å². The van der Waals surface area contributed by atoms with Crippen molar-refractivity contribution >= 4 is 17.7 Å². The van der Waals surface area contributed by atoms with Gasteiger partial charge in [-0.15, -0.1) is 0 Å². The van der Waals surface area contributed by atoms with Gasteiger partial charge < -0.3 is 10.1 Å². The molecule has 0 aromatic heterocycles. The fraction of sp³-hybridized carbons (Fsp3) is 0.857. The molecular weight excluding hydrogens is 330 g/mol. The average Bonchev–Trinajstić information content (AvgIpc) is 3.22. The fourth-order valence-electron chi connectivity index (χ4n) is 6.24.